The van der Waals surface area contributed by atoms with Gasteiger partial charge in [-0.05, 0) is 25.1 Å². The molecule has 0 saturated carbocycles. The van der Waals surface area contributed by atoms with E-state index >= 15 is 0 Å². The summed E-state index contributed by atoms with van der Waals surface area (Å²) in [6, 6.07) is 6.38. The molecule has 0 bridgehead atoms. The van der Waals surface area contributed by atoms with Crippen LogP contribution in [-0.4, -0.2) is 15.6 Å². The molecule has 1 aromatic heterocycles. The molecular formula is C14H15FN4. The van der Waals surface area contributed by atoms with Crippen LogP contribution in [0.5, 0.6) is 0 Å². The van der Waals surface area contributed by atoms with Crippen molar-refractivity contribution in [2.45, 2.75) is 25.9 Å². The van der Waals surface area contributed by atoms with Crippen LogP contribution in [0.4, 0.5) is 4.39 Å². The molecule has 1 unspecified atom stereocenters. The first-order valence-electron chi connectivity index (χ1n) is 6.03. The molecule has 0 aliphatic heterocycles. The van der Waals surface area contributed by atoms with Gasteiger partial charge in [-0.25, -0.2) is 9.37 Å². The Bertz CT molecular complexity index is 610. The van der Waals surface area contributed by atoms with Gasteiger partial charge in [-0.3, -0.25) is 0 Å². The number of benzene rings is 1. The minimum Gasteiger partial charge on any atom is -0.333 e. The van der Waals surface area contributed by atoms with Crippen LogP contribution in [0.15, 0.2) is 30.7 Å². The molecule has 98 valence electrons. The van der Waals surface area contributed by atoms with Crippen molar-refractivity contribution < 1.29 is 4.39 Å². The van der Waals surface area contributed by atoms with Crippen LogP contribution in [0.25, 0.3) is 0 Å². The van der Waals surface area contributed by atoms with Gasteiger partial charge in [0.1, 0.15) is 5.82 Å². The first-order valence-corrected chi connectivity index (χ1v) is 6.03. The first kappa shape index (κ1) is 13.2. The lowest BCUT2D eigenvalue weighted by Gasteiger charge is -2.04. The van der Waals surface area contributed by atoms with Crippen LogP contribution in [0, 0.1) is 17.1 Å². The Morgan fingerprint density at radius 2 is 2.32 bits per heavy atom. The SMILES string of the molecule is CC(N)Cc1cn(Cc2cc(C#N)ccc2F)cn1. The molecule has 1 heterocycles. The Hall–Kier alpha value is -2.19. The molecule has 0 radical (unpaired) electrons. The minimum atomic E-state index is -0.318. The van der Waals surface area contributed by atoms with Gasteiger partial charge in [0.2, 0.25) is 0 Å². The van der Waals surface area contributed by atoms with Gasteiger partial charge in [-0.15, -0.1) is 0 Å². The lowest BCUT2D eigenvalue weighted by molar-refractivity contribution is 0.599. The second-order valence-electron chi connectivity index (χ2n) is 4.64. The van der Waals surface area contributed by atoms with E-state index < -0.39 is 0 Å². The van der Waals surface area contributed by atoms with E-state index in [0.29, 0.717) is 24.1 Å². The van der Waals surface area contributed by atoms with Crippen molar-refractivity contribution in [3.63, 3.8) is 0 Å². The van der Waals surface area contributed by atoms with Gasteiger partial charge in [0.15, 0.2) is 0 Å². The van der Waals surface area contributed by atoms with Gasteiger partial charge in [-0.1, -0.05) is 0 Å². The molecule has 2 rings (SSSR count). The summed E-state index contributed by atoms with van der Waals surface area (Å²) in [5.74, 6) is -0.318. The average molecular weight is 258 g/mol. The van der Waals surface area contributed by atoms with Gasteiger partial charge >= 0.3 is 0 Å². The van der Waals surface area contributed by atoms with Gasteiger partial charge in [0.25, 0.3) is 0 Å². The highest BCUT2D eigenvalue weighted by atomic mass is 19.1. The molecular weight excluding hydrogens is 243 g/mol. The number of nitrogens with zero attached hydrogens (tertiary/aromatic N) is 3. The van der Waals surface area contributed by atoms with E-state index in [2.05, 4.69) is 4.98 Å². The van der Waals surface area contributed by atoms with Gasteiger partial charge < -0.3 is 10.3 Å². The Kier molecular flexibility index (Phi) is 3.93. The number of rotatable bonds is 4. The Balaban J connectivity index is 2.17. The molecule has 0 spiro atoms. The van der Waals surface area contributed by atoms with E-state index in [-0.39, 0.29) is 11.9 Å². The molecule has 2 aromatic rings. The number of hydrogen-bond donors (Lipinski definition) is 1. The lowest BCUT2D eigenvalue weighted by Crippen LogP contribution is -2.17. The highest BCUT2D eigenvalue weighted by molar-refractivity contribution is 5.33. The Labute approximate surface area is 111 Å². The molecule has 0 aliphatic carbocycles. The Morgan fingerprint density at radius 1 is 1.53 bits per heavy atom. The minimum absolute atomic E-state index is 0.0435. The fraction of sp³-hybridized carbons (Fsp3) is 0.286. The maximum atomic E-state index is 13.6. The first-order chi connectivity index (χ1) is 9.08. The molecule has 0 aliphatic rings. The van der Waals surface area contributed by atoms with E-state index in [1.807, 2.05) is 19.2 Å². The quantitative estimate of drug-likeness (QED) is 0.909. The monoisotopic (exact) mass is 258 g/mol. The summed E-state index contributed by atoms with van der Waals surface area (Å²) >= 11 is 0. The molecule has 5 heteroatoms. The van der Waals surface area contributed by atoms with E-state index in [1.165, 1.54) is 12.1 Å². The number of nitrogens with two attached hydrogens (primary N) is 1. The predicted octanol–water partition coefficient (Wildman–Crippen LogP) is 1.83. The lowest BCUT2D eigenvalue weighted by atomic mass is 10.1. The summed E-state index contributed by atoms with van der Waals surface area (Å²) in [5.41, 5.74) is 7.51. The number of imidazole rings is 1. The molecule has 2 N–H and O–H groups in total. The van der Waals surface area contributed by atoms with Crippen LogP contribution in [0.1, 0.15) is 23.7 Å². The number of aromatic nitrogens is 2. The second-order valence-corrected chi connectivity index (χ2v) is 4.64. The van der Waals surface area contributed by atoms with Crippen molar-refractivity contribution in [1.82, 2.24) is 9.55 Å². The standard InChI is InChI=1S/C14H15FN4/c1-10(17)4-13-8-19(9-18-13)7-12-5-11(6-16)2-3-14(12)15/h2-3,5,8-10H,4,7,17H2,1H3. The molecule has 1 atom stereocenters. The zero-order valence-corrected chi connectivity index (χ0v) is 10.7. The highest BCUT2D eigenvalue weighted by Crippen LogP contribution is 2.12. The summed E-state index contributed by atoms with van der Waals surface area (Å²) in [5, 5.41) is 8.82. The van der Waals surface area contributed by atoms with Crippen molar-refractivity contribution in [3.8, 4) is 6.07 Å². The van der Waals surface area contributed by atoms with Gasteiger partial charge in [-0.2, -0.15) is 5.26 Å². The van der Waals surface area contributed by atoms with E-state index in [1.54, 1.807) is 17.0 Å². The summed E-state index contributed by atoms with van der Waals surface area (Å²) in [7, 11) is 0. The molecule has 4 nitrogen and oxygen atoms in total. The van der Waals surface area contributed by atoms with Crippen molar-refractivity contribution in [1.29, 1.82) is 5.26 Å². The summed E-state index contributed by atoms with van der Waals surface area (Å²) in [4.78, 5) is 4.22. The van der Waals surface area contributed by atoms with Crippen molar-refractivity contribution >= 4 is 0 Å². The van der Waals surface area contributed by atoms with Crippen LogP contribution >= 0.6 is 0 Å². The zero-order chi connectivity index (χ0) is 13.8. The van der Waals surface area contributed by atoms with Crippen LogP contribution in [0.3, 0.4) is 0 Å². The fourth-order valence-corrected chi connectivity index (χ4v) is 1.89. The normalized spacial score (nSPS) is 12.1. The third-order valence-electron chi connectivity index (χ3n) is 2.75. The Morgan fingerprint density at radius 3 is 3.00 bits per heavy atom. The third kappa shape index (κ3) is 3.39. The molecule has 1 aromatic carbocycles. The number of hydrogen-bond acceptors (Lipinski definition) is 3. The second kappa shape index (κ2) is 5.63. The van der Waals surface area contributed by atoms with Gasteiger partial charge in [0.05, 0.1) is 30.2 Å². The molecule has 19 heavy (non-hydrogen) atoms. The summed E-state index contributed by atoms with van der Waals surface area (Å²) in [6.07, 6.45) is 4.19. The highest BCUT2D eigenvalue weighted by Gasteiger charge is 2.06. The topological polar surface area (TPSA) is 67.6 Å². The van der Waals surface area contributed by atoms with E-state index in [0.717, 1.165) is 5.69 Å². The predicted molar refractivity (Wildman–Crippen MR) is 69.8 cm³/mol. The number of halogens is 1. The molecule has 0 saturated heterocycles. The van der Waals surface area contributed by atoms with Crippen LogP contribution in [-0.2, 0) is 13.0 Å². The zero-order valence-electron chi connectivity index (χ0n) is 10.7. The maximum absolute atomic E-state index is 13.6. The molecule has 0 amide bonds. The largest absolute Gasteiger partial charge is 0.333 e. The van der Waals surface area contributed by atoms with Gasteiger partial charge in [0, 0.05) is 24.2 Å². The third-order valence-corrected chi connectivity index (χ3v) is 2.75. The summed E-state index contributed by atoms with van der Waals surface area (Å²) in [6.45, 7) is 2.27. The summed E-state index contributed by atoms with van der Waals surface area (Å²) < 4.78 is 15.4. The number of nitriles is 1. The van der Waals surface area contributed by atoms with Crippen LogP contribution in [0.2, 0.25) is 0 Å². The average Bonchev–Trinajstić information content (AvgIpc) is 2.78. The van der Waals surface area contributed by atoms with Crippen molar-refractivity contribution in [2.24, 2.45) is 5.73 Å². The fourth-order valence-electron chi connectivity index (χ4n) is 1.89. The smallest absolute Gasteiger partial charge is 0.128 e. The van der Waals surface area contributed by atoms with Crippen molar-refractivity contribution in [3.05, 3.63) is 53.4 Å². The maximum Gasteiger partial charge on any atom is 0.128 e. The molecule has 0 fully saturated rings. The van der Waals surface area contributed by atoms with Crippen molar-refractivity contribution in [2.75, 3.05) is 0 Å². The van der Waals surface area contributed by atoms with E-state index in [4.69, 9.17) is 11.0 Å². The van der Waals surface area contributed by atoms with E-state index in [9.17, 15) is 4.39 Å². The van der Waals surface area contributed by atoms with Crippen LogP contribution < -0.4 is 5.73 Å².